The average molecular weight is 610 g/mol. The van der Waals surface area contributed by atoms with Crippen molar-refractivity contribution < 1.29 is 0 Å². The molecule has 0 fully saturated rings. The second-order valence-electron chi connectivity index (χ2n) is 11.3. The van der Waals surface area contributed by atoms with Gasteiger partial charge in [0.05, 0.1) is 26.5 Å². The molecule has 0 aliphatic heterocycles. The summed E-state index contributed by atoms with van der Waals surface area (Å²) in [7, 11) is 0. The van der Waals surface area contributed by atoms with Crippen LogP contribution in [0.2, 0.25) is 0 Å². The topological polar surface area (TPSA) is 3.24 Å². The fraction of sp³-hybridized carbons (Fsp3) is 0. The molecule has 0 bridgehead atoms. The van der Waals surface area contributed by atoms with Gasteiger partial charge in [0.25, 0.3) is 0 Å². The van der Waals surface area contributed by atoms with Gasteiger partial charge in [0, 0.05) is 36.5 Å². The van der Waals surface area contributed by atoms with Crippen LogP contribution in [0.25, 0.3) is 62.6 Å². The molecule has 9 rings (SSSR count). The van der Waals surface area contributed by atoms with Crippen LogP contribution in [0.15, 0.2) is 164 Å². The van der Waals surface area contributed by atoms with E-state index in [4.69, 9.17) is 0 Å². The van der Waals surface area contributed by atoms with Gasteiger partial charge in [-0.25, -0.2) is 0 Å². The Balaban J connectivity index is 1.41. The number of anilines is 3. The van der Waals surface area contributed by atoms with Crippen LogP contribution in [0.5, 0.6) is 0 Å². The number of nitrogens with zero attached hydrogens (tertiary/aromatic N) is 1. The van der Waals surface area contributed by atoms with Gasteiger partial charge in [-0.2, -0.15) is 0 Å². The predicted octanol–water partition coefficient (Wildman–Crippen LogP) is 13.2. The third-order valence-electron chi connectivity index (χ3n) is 8.69. The first kappa shape index (κ1) is 26.2. The largest absolute Gasteiger partial charge is 0.307 e. The summed E-state index contributed by atoms with van der Waals surface area (Å²) in [6.45, 7) is 0. The molecule has 0 aliphatic carbocycles. The lowest BCUT2D eigenvalue weighted by Gasteiger charge is -2.29. The number of rotatable bonds is 5. The minimum Gasteiger partial charge on any atom is -0.307 e. The zero-order valence-electron chi connectivity index (χ0n) is 24.4. The van der Waals surface area contributed by atoms with Crippen LogP contribution in [-0.4, -0.2) is 0 Å². The van der Waals surface area contributed by atoms with Gasteiger partial charge in [0.15, 0.2) is 0 Å². The Morgan fingerprint density at radius 1 is 0.333 bits per heavy atom. The number of para-hydroxylation sites is 1. The standard InChI is InChI=1S/C42H27NS2/c1-3-14-28(15-4-1)30-18-7-10-22-35(30)43(36-23-13-21-33-32-19-8-11-24-38(32)44-41(33)36)37-27-26-31(29-16-5-2-6-17-29)40-34-20-9-12-25-39(34)45-42(37)40/h1-27H. The predicted molar refractivity (Wildman–Crippen MR) is 198 cm³/mol. The highest BCUT2D eigenvalue weighted by molar-refractivity contribution is 7.27. The van der Waals surface area contributed by atoms with E-state index in [1.54, 1.807) is 0 Å². The van der Waals surface area contributed by atoms with Crippen molar-refractivity contribution >= 4 is 80.1 Å². The molecule has 0 unspecified atom stereocenters. The van der Waals surface area contributed by atoms with E-state index in [2.05, 4.69) is 169 Å². The molecule has 0 spiro atoms. The van der Waals surface area contributed by atoms with Gasteiger partial charge in [-0.05, 0) is 47.0 Å². The second-order valence-corrected chi connectivity index (χ2v) is 13.4. The smallest absolute Gasteiger partial charge is 0.0641 e. The van der Waals surface area contributed by atoms with Crippen molar-refractivity contribution in [3.05, 3.63) is 164 Å². The van der Waals surface area contributed by atoms with Crippen molar-refractivity contribution in [3.8, 4) is 22.3 Å². The SMILES string of the molecule is c1ccc(-c2ccccc2N(c2cccc3c2sc2ccccc23)c2ccc(-c3ccccc3)c3c2sc2ccccc23)cc1. The summed E-state index contributed by atoms with van der Waals surface area (Å²) in [4.78, 5) is 2.52. The number of fused-ring (bicyclic) bond motifs is 6. The molecule has 0 N–H and O–H groups in total. The van der Waals surface area contributed by atoms with Gasteiger partial charge >= 0.3 is 0 Å². The van der Waals surface area contributed by atoms with Crippen molar-refractivity contribution in [2.24, 2.45) is 0 Å². The minimum atomic E-state index is 1.17. The van der Waals surface area contributed by atoms with Gasteiger partial charge in [-0.1, -0.05) is 133 Å². The summed E-state index contributed by atoms with van der Waals surface area (Å²) in [6.07, 6.45) is 0. The Hall–Kier alpha value is -5.22. The highest BCUT2D eigenvalue weighted by Gasteiger charge is 2.24. The van der Waals surface area contributed by atoms with E-state index in [9.17, 15) is 0 Å². The van der Waals surface area contributed by atoms with Gasteiger partial charge in [0.1, 0.15) is 0 Å². The summed E-state index contributed by atoms with van der Waals surface area (Å²) >= 11 is 3.77. The molecule has 45 heavy (non-hydrogen) atoms. The van der Waals surface area contributed by atoms with Crippen LogP contribution >= 0.6 is 22.7 Å². The van der Waals surface area contributed by atoms with Crippen molar-refractivity contribution in [3.63, 3.8) is 0 Å². The van der Waals surface area contributed by atoms with Gasteiger partial charge in [0.2, 0.25) is 0 Å². The van der Waals surface area contributed by atoms with E-state index in [1.807, 2.05) is 22.7 Å². The molecule has 7 aromatic carbocycles. The lowest BCUT2D eigenvalue weighted by molar-refractivity contribution is 1.32. The van der Waals surface area contributed by atoms with Crippen molar-refractivity contribution in [1.82, 2.24) is 0 Å². The number of thiophene rings is 2. The van der Waals surface area contributed by atoms with E-state index in [-0.39, 0.29) is 0 Å². The van der Waals surface area contributed by atoms with Crippen LogP contribution in [0.1, 0.15) is 0 Å². The summed E-state index contributed by atoms with van der Waals surface area (Å²) < 4.78 is 5.19. The first-order valence-electron chi connectivity index (χ1n) is 15.2. The van der Waals surface area contributed by atoms with E-state index >= 15 is 0 Å². The first-order valence-corrected chi connectivity index (χ1v) is 16.8. The Kier molecular flexibility index (Phi) is 6.26. The van der Waals surface area contributed by atoms with Crippen LogP contribution in [0, 0.1) is 0 Å². The second kappa shape index (κ2) is 10.7. The van der Waals surface area contributed by atoms with Gasteiger partial charge in [-0.3, -0.25) is 0 Å². The zero-order valence-corrected chi connectivity index (χ0v) is 26.0. The molecule has 2 heterocycles. The summed E-state index contributed by atoms with van der Waals surface area (Å²) in [5, 5.41) is 5.21. The lowest BCUT2D eigenvalue weighted by Crippen LogP contribution is -2.11. The van der Waals surface area contributed by atoms with E-state index in [0.29, 0.717) is 0 Å². The van der Waals surface area contributed by atoms with Gasteiger partial charge < -0.3 is 4.90 Å². The fourth-order valence-corrected chi connectivity index (χ4v) is 9.12. The fourth-order valence-electron chi connectivity index (χ4n) is 6.68. The van der Waals surface area contributed by atoms with E-state index in [0.717, 1.165) is 0 Å². The Bertz CT molecular complexity index is 2490. The molecule has 9 aromatic rings. The molecule has 0 atom stereocenters. The molecule has 0 saturated heterocycles. The molecular weight excluding hydrogens is 583 g/mol. The highest BCUT2D eigenvalue weighted by Crippen LogP contribution is 2.52. The van der Waals surface area contributed by atoms with E-state index in [1.165, 1.54) is 79.7 Å². The Morgan fingerprint density at radius 3 is 1.64 bits per heavy atom. The summed E-state index contributed by atoms with van der Waals surface area (Å²) in [5.74, 6) is 0. The highest BCUT2D eigenvalue weighted by atomic mass is 32.1. The quantitative estimate of drug-likeness (QED) is 0.188. The molecule has 0 amide bonds. The molecule has 0 saturated carbocycles. The molecular formula is C42H27NS2. The van der Waals surface area contributed by atoms with Crippen molar-refractivity contribution in [2.75, 3.05) is 4.90 Å². The maximum absolute atomic E-state index is 2.52. The third kappa shape index (κ3) is 4.27. The maximum atomic E-state index is 2.52. The number of benzene rings is 7. The van der Waals surface area contributed by atoms with E-state index < -0.39 is 0 Å². The van der Waals surface area contributed by atoms with Crippen molar-refractivity contribution in [1.29, 1.82) is 0 Å². The molecule has 2 aromatic heterocycles. The molecule has 0 radical (unpaired) electrons. The summed E-state index contributed by atoms with van der Waals surface area (Å²) in [6, 6.07) is 59.5. The maximum Gasteiger partial charge on any atom is 0.0641 e. The van der Waals surface area contributed by atoms with Crippen LogP contribution in [0.3, 0.4) is 0 Å². The van der Waals surface area contributed by atoms with Crippen LogP contribution in [0.4, 0.5) is 17.1 Å². The number of hydrogen-bond donors (Lipinski definition) is 0. The van der Waals surface area contributed by atoms with Crippen LogP contribution in [-0.2, 0) is 0 Å². The minimum absolute atomic E-state index is 1.17. The Labute approximate surface area is 269 Å². The third-order valence-corrected chi connectivity index (χ3v) is 11.1. The van der Waals surface area contributed by atoms with Crippen LogP contribution < -0.4 is 4.90 Å². The first-order chi connectivity index (χ1) is 22.3. The zero-order chi connectivity index (χ0) is 29.7. The molecule has 3 heteroatoms. The number of hydrogen-bond acceptors (Lipinski definition) is 3. The lowest BCUT2D eigenvalue weighted by atomic mass is 9.97. The molecule has 1 nitrogen and oxygen atoms in total. The Morgan fingerprint density at radius 2 is 0.867 bits per heavy atom. The monoisotopic (exact) mass is 609 g/mol. The van der Waals surface area contributed by atoms with Gasteiger partial charge in [-0.15, -0.1) is 22.7 Å². The normalized spacial score (nSPS) is 11.6. The average Bonchev–Trinajstić information content (AvgIpc) is 3.69. The molecule has 0 aliphatic rings. The molecule has 212 valence electrons. The summed E-state index contributed by atoms with van der Waals surface area (Å²) in [5.41, 5.74) is 8.47. The van der Waals surface area contributed by atoms with Crippen molar-refractivity contribution in [2.45, 2.75) is 0 Å².